The first-order chi connectivity index (χ1) is 12.8. The van der Waals surface area contributed by atoms with Crippen LogP contribution in [0.4, 0.5) is 5.69 Å². The highest BCUT2D eigenvalue weighted by Gasteiger charge is 2.24. The Kier molecular flexibility index (Phi) is 6.48. The van der Waals surface area contributed by atoms with Gasteiger partial charge in [0.05, 0.1) is 12.0 Å². The summed E-state index contributed by atoms with van der Waals surface area (Å²) in [4.78, 5) is 47.8. The van der Waals surface area contributed by atoms with E-state index in [-0.39, 0.29) is 11.5 Å². The van der Waals surface area contributed by atoms with E-state index in [4.69, 9.17) is 9.15 Å². The summed E-state index contributed by atoms with van der Waals surface area (Å²) in [5, 5.41) is 4.98. The first-order valence-corrected chi connectivity index (χ1v) is 8.25. The minimum Gasteiger partial charge on any atom is -0.459 e. The fourth-order valence-corrected chi connectivity index (χ4v) is 2.20. The number of hydrogen-bond acceptors (Lipinski definition) is 6. The summed E-state index contributed by atoms with van der Waals surface area (Å²) >= 11 is 0. The molecule has 2 atom stereocenters. The molecule has 0 aliphatic carbocycles. The zero-order valence-corrected chi connectivity index (χ0v) is 15.1. The van der Waals surface area contributed by atoms with Crippen LogP contribution in [0.1, 0.15) is 41.7 Å². The monoisotopic (exact) mass is 372 g/mol. The van der Waals surface area contributed by atoms with Gasteiger partial charge in [0.1, 0.15) is 6.04 Å². The standard InChI is InChI=1S/C19H20N2O6/c1-11(20-18(24)16-9-6-10-26-16)19(25)27-13(3)17(23)21-15-8-5-4-7-14(15)12(2)22/h4-11,13H,1-3H3,(H,20,24)(H,21,23)/t11-,13-/m0/s1. The molecule has 8 nitrogen and oxygen atoms in total. The van der Waals surface area contributed by atoms with Crippen LogP contribution in [0.3, 0.4) is 0 Å². The lowest BCUT2D eigenvalue weighted by molar-refractivity contribution is -0.154. The fourth-order valence-electron chi connectivity index (χ4n) is 2.20. The highest BCUT2D eigenvalue weighted by atomic mass is 16.5. The van der Waals surface area contributed by atoms with Crippen molar-refractivity contribution >= 4 is 29.3 Å². The van der Waals surface area contributed by atoms with Crippen LogP contribution in [0.5, 0.6) is 0 Å². The molecule has 0 saturated carbocycles. The molecular formula is C19H20N2O6. The summed E-state index contributed by atoms with van der Waals surface area (Å²) in [5.74, 6) is -2.10. The number of Topliss-reactive ketones (excluding diaryl/α,β-unsaturated/α-hetero) is 1. The maximum absolute atomic E-state index is 12.3. The van der Waals surface area contributed by atoms with Crippen LogP contribution in [0.25, 0.3) is 0 Å². The number of para-hydroxylation sites is 1. The van der Waals surface area contributed by atoms with Crippen LogP contribution in [0.15, 0.2) is 47.1 Å². The van der Waals surface area contributed by atoms with E-state index in [1.54, 1.807) is 30.3 Å². The number of amides is 2. The minimum absolute atomic E-state index is 0.0567. The summed E-state index contributed by atoms with van der Waals surface area (Å²) < 4.78 is 10.0. The molecule has 27 heavy (non-hydrogen) atoms. The predicted molar refractivity (Wildman–Crippen MR) is 96.3 cm³/mol. The number of carbonyl (C=O) groups excluding carboxylic acids is 4. The van der Waals surface area contributed by atoms with Crippen LogP contribution in [0.2, 0.25) is 0 Å². The molecular weight excluding hydrogens is 352 g/mol. The molecule has 1 heterocycles. The average molecular weight is 372 g/mol. The molecule has 2 aromatic rings. The number of esters is 1. The van der Waals surface area contributed by atoms with Crippen molar-refractivity contribution in [3.63, 3.8) is 0 Å². The van der Waals surface area contributed by atoms with Crippen molar-refractivity contribution in [2.75, 3.05) is 5.32 Å². The molecule has 0 unspecified atom stereocenters. The van der Waals surface area contributed by atoms with Crippen molar-refractivity contribution in [1.29, 1.82) is 0 Å². The van der Waals surface area contributed by atoms with E-state index in [1.165, 1.54) is 33.1 Å². The molecule has 0 aliphatic heterocycles. The quantitative estimate of drug-likeness (QED) is 0.569. The highest BCUT2D eigenvalue weighted by molar-refractivity contribution is 6.04. The number of carbonyl (C=O) groups is 4. The van der Waals surface area contributed by atoms with Crippen molar-refractivity contribution in [1.82, 2.24) is 5.32 Å². The first kappa shape index (κ1) is 19.9. The maximum atomic E-state index is 12.3. The number of anilines is 1. The van der Waals surface area contributed by atoms with Gasteiger partial charge in [-0.25, -0.2) is 4.79 Å². The number of furan rings is 1. The lowest BCUT2D eigenvalue weighted by Gasteiger charge is -2.18. The van der Waals surface area contributed by atoms with Crippen molar-refractivity contribution in [3.8, 4) is 0 Å². The van der Waals surface area contributed by atoms with E-state index < -0.39 is 29.9 Å². The molecule has 0 radical (unpaired) electrons. The van der Waals surface area contributed by atoms with Crippen LogP contribution < -0.4 is 10.6 Å². The third-order valence-electron chi connectivity index (χ3n) is 3.67. The number of rotatable bonds is 7. The van der Waals surface area contributed by atoms with E-state index >= 15 is 0 Å². The molecule has 8 heteroatoms. The van der Waals surface area contributed by atoms with Gasteiger partial charge in [-0.2, -0.15) is 0 Å². The van der Waals surface area contributed by atoms with Gasteiger partial charge in [-0.3, -0.25) is 14.4 Å². The molecule has 0 spiro atoms. The lowest BCUT2D eigenvalue weighted by Crippen LogP contribution is -2.42. The van der Waals surface area contributed by atoms with Gasteiger partial charge in [0.25, 0.3) is 11.8 Å². The van der Waals surface area contributed by atoms with E-state index in [0.29, 0.717) is 11.3 Å². The molecule has 0 saturated heterocycles. The lowest BCUT2D eigenvalue weighted by atomic mass is 10.1. The molecule has 1 aromatic carbocycles. The summed E-state index contributed by atoms with van der Waals surface area (Å²) in [6.45, 7) is 4.21. The Morgan fingerprint density at radius 3 is 2.37 bits per heavy atom. The Balaban J connectivity index is 1.92. The minimum atomic E-state index is -1.12. The Hall–Kier alpha value is -3.42. The fraction of sp³-hybridized carbons (Fsp3) is 0.263. The molecule has 2 rings (SSSR count). The van der Waals surface area contributed by atoms with E-state index in [2.05, 4.69) is 10.6 Å². The maximum Gasteiger partial charge on any atom is 0.329 e. The second-order valence-electron chi connectivity index (χ2n) is 5.84. The van der Waals surface area contributed by atoms with Gasteiger partial charge in [-0.1, -0.05) is 12.1 Å². The molecule has 142 valence electrons. The summed E-state index contributed by atoms with van der Waals surface area (Å²) in [5.41, 5.74) is 0.681. The Morgan fingerprint density at radius 2 is 1.74 bits per heavy atom. The smallest absolute Gasteiger partial charge is 0.329 e. The van der Waals surface area contributed by atoms with E-state index in [0.717, 1.165) is 0 Å². The number of ether oxygens (including phenoxy) is 1. The Labute approximate surface area is 155 Å². The predicted octanol–water partition coefficient (Wildman–Crippen LogP) is 2.17. The largest absolute Gasteiger partial charge is 0.459 e. The number of hydrogen-bond donors (Lipinski definition) is 2. The molecule has 0 aliphatic rings. The molecule has 0 bridgehead atoms. The summed E-state index contributed by atoms with van der Waals surface area (Å²) in [6.07, 6.45) is 0.212. The third kappa shape index (κ3) is 5.27. The van der Waals surface area contributed by atoms with Gasteiger partial charge in [-0.15, -0.1) is 0 Å². The van der Waals surface area contributed by atoms with Crippen molar-refractivity contribution in [3.05, 3.63) is 54.0 Å². The van der Waals surface area contributed by atoms with Crippen LogP contribution in [0, 0.1) is 0 Å². The molecule has 2 N–H and O–H groups in total. The van der Waals surface area contributed by atoms with Gasteiger partial charge >= 0.3 is 5.97 Å². The summed E-state index contributed by atoms with van der Waals surface area (Å²) in [7, 11) is 0. The normalized spacial score (nSPS) is 12.6. The first-order valence-electron chi connectivity index (χ1n) is 8.25. The van der Waals surface area contributed by atoms with Crippen LogP contribution in [-0.2, 0) is 14.3 Å². The third-order valence-corrected chi connectivity index (χ3v) is 3.67. The molecule has 1 aromatic heterocycles. The number of benzene rings is 1. The molecule has 2 amide bonds. The zero-order valence-electron chi connectivity index (χ0n) is 15.1. The topological polar surface area (TPSA) is 115 Å². The second-order valence-corrected chi connectivity index (χ2v) is 5.84. The van der Waals surface area contributed by atoms with Crippen molar-refractivity contribution in [2.45, 2.75) is 32.9 Å². The zero-order chi connectivity index (χ0) is 20.0. The second kappa shape index (κ2) is 8.79. The van der Waals surface area contributed by atoms with Gasteiger partial charge in [0, 0.05) is 5.56 Å². The molecule has 0 fully saturated rings. The van der Waals surface area contributed by atoms with Gasteiger partial charge in [0.2, 0.25) is 0 Å². The number of ketones is 1. The number of nitrogens with one attached hydrogen (secondary N) is 2. The van der Waals surface area contributed by atoms with Gasteiger partial charge in [-0.05, 0) is 45.0 Å². The average Bonchev–Trinajstić information content (AvgIpc) is 3.16. The van der Waals surface area contributed by atoms with Crippen LogP contribution >= 0.6 is 0 Å². The van der Waals surface area contributed by atoms with E-state index in [9.17, 15) is 19.2 Å². The highest BCUT2D eigenvalue weighted by Crippen LogP contribution is 2.16. The van der Waals surface area contributed by atoms with Crippen molar-refractivity contribution in [2.24, 2.45) is 0 Å². The van der Waals surface area contributed by atoms with Crippen LogP contribution in [-0.4, -0.2) is 35.7 Å². The Bertz CT molecular complexity index is 844. The summed E-state index contributed by atoms with van der Waals surface area (Å²) in [6, 6.07) is 8.53. The van der Waals surface area contributed by atoms with Gasteiger partial charge in [0.15, 0.2) is 17.6 Å². The SMILES string of the molecule is CC(=O)c1ccccc1NC(=O)[C@H](C)OC(=O)[C@H](C)NC(=O)c1ccco1. The van der Waals surface area contributed by atoms with Crippen molar-refractivity contribution < 1.29 is 28.3 Å². The van der Waals surface area contributed by atoms with E-state index in [1.807, 2.05) is 0 Å². The Morgan fingerprint density at radius 1 is 1.04 bits per heavy atom. The van der Waals surface area contributed by atoms with Gasteiger partial charge < -0.3 is 19.8 Å².